The number of nitrogens with one attached hydrogen (secondary N) is 1. The number of fused-ring (bicyclic) bond motifs is 1. The highest BCUT2D eigenvalue weighted by Gasteiger charge is 2.14. The van der Waals surface area contributed by atoms with E-state index in [1.807, 2.05) is 49.4 Å². The van der Waals surface area contributed by atoms with Crippen LogP contribution in [0.25, 0.3) is 10.8 Å². The normalized spacial score (nSPS) is 10.9. The zero-order valence-electron chi connectivity index (χ0n) is 18.3. The van der Waals surface area contributed by atoms with Crippen LogP contribution in [0.1, 0.15) is 21.5 Å². The molecular formula is C27H21ClN2O4. The maximum Gasteiger partial charge on any atom is 0.343 e. The molecule has 0 fully saturated rings. The van der Waals surface area contributed by atoms with Crippen LogP contribution in [0.15, 0.2) is 90.0 Å². The maximum atomic E-state index is 12.6. The Bertz CT molecular complexity index is 1350. The number of hydrogen-bond acceptors (Lipinski definition) is 5. The second kappa shape index (κ2) is 10.6. The van der Waals surface area contributed by atoms with E-state index < -0.39 is 11.9 Å². The van der Waals surface area contributed by atoms with E-state index in [-0.39, 0.29) is 6.61 Å². The highest BCUT2D eigenvalue weighted by atomic mass is 35.5. The summed E-state index contributed by atoms with van der Waals surface area (Å²) in [6.45, 7) is 1.79. The van der Waals surface area contributed by atoms with Gasteiger partial charge in [-0.1, -0.05) is 59.6 Å². The molecule has 34 heavy (non-hydrogen) atoms. The van der Waals surface area contributed by atoms with Crippen LogP contribution in [0.5, 0.6) is 11.5 Å². The van der Waals surface area contributed by atoms with Gasteiger partial charge in [0.25, 0.3) is 5.91 Å². The zero-order valence-corrected chi connectivity index (χ0v) is 19.1. The largest absolute Gasteiger partial charge is 0.484 e. The molecule has 7 heteroatoms. The first-order valence-electron chi connectivity index (χ1n) is 10.5. The number of carbonyl (C=O) groups is 2. The molecule has 0 aliphatic heterocycles. The Morgan fingerprint density at radius 1 is 0.941 bits per heavy atom. The third-order valence-electron chi connectivity index (χ3n) is 4.99. The van der Waals surface area contributed by atoms with E-state index in [1.165, 1.54) is 6.21 Å². The quantitative estimate of drug-likeness (QED) is 0.165. The van der Waals surface area contributed by atoms with Gasteiger partial charge in [0.1, 0.15) is 11.5 Å². The molecule has 0 saturated carbocycles. The number of hydrazone groups is 1. The fourth-order valence-corrected chi connectivity index (χ4v) is 3.35. The number of carbonyl (C=O) groups excluding carboxylic acids is 2. The topological polar surface area (TPSA) is 77.0 Å². The van der Waals surface area contributed by atoms with Gasteiger partial charge >= 0.3 is 5.97 Å². The van der Waals surface area contributed by atoms with E-state index in [9.17, 15) is 9.59 Å². The lowest BCUT2D eigenvalue weighted by atomic mass is 10.0. The Labute approximate surface area is 201 Å². The van der Waals surface area contributed by atoms with Gasteiger partial charge < -0.3 is 9.47 Å². The summed E-state index contributed by atoms with van der Waals surface area (Å²) in [6, 6.07) is 25.0. The van der Waals surface area contributed by atoms with Crippen molar-refractivity contribution in [2.24, 2.45) is 5.10 Å². The van der Waals surface area contributed by atoms with Crippen molar-refractivity contribution >= 4 is 40.5 Å². The van der Waals surface area contributed by atoms with Gasteiger partial charge in [-0.3, -0.25) is 4.79 Å². The van der Waals surface area contributed by atoms with E-state index in [0.29, 0.717) is 27.6 Å². The highest BCUT2D eigenvalue weighted by molar-refractivity contribution is 6.30. The Morgan fingerprint density at radius 2 is 1.68 bits per heavy atom. The second-order valence-corrected chi connectivity index (χ2v) is 7.93. The van der Waals surface area contributed by atoms with Gasteiger partial charge in [0.15, 0.2) is 6.61 Å². The minimum Gasteiger partial charge on any atom is -0.484 e. The Kier molecular flexibility index (Phi) is 7.20. The lowest BCUT2D eigenvalue weighted by molar-refractivity contribution is -0.123. The Hall–Kier alpha value is -4.16. The van der Waals surface area contributed by atoms with Gasteiger partial charge in [-0.25, -0.2) is 10.2 Å². The molecule has 1 amide bonds. The number of benzene rings is 4. The number of nitrogens with zero attached hydrogens (tertiary/aromatic N) is 1. The maximum absolute atomic E-state index is 12.6. The molecule has 4 aromatic carbocycles. The summed E-state index contributed by atoms with van der Waals surface area (Å²) >= 11 is 5.90. The fourth-order valence-electron chi connectivity index (χ4n) is 3.23. The van der Waals surface area contributed by atoms with E-state index in [2.05, 4.69) is 10.5 Å². The molecule has 1 N–H and O–H groups in total. The number of hydrogen-bond donors (Lipinski definition) is 1. The van der Waals surface area contributed by atoms with Crippen molar-refractivity contribution in [1.82, 2.24) is 5.43 Å². The molecule has 0 unspecified atom stereocenters. The van der Waals surface area contributed by atoms with Gasteiger partial charge in [-0.15, -0.1) is 0 Å². The first-order chi connectivity index (χ1) is 16.5. The molecule has 0 heterocycles. The molecular weight excluding hydrogens is 452 g/mol. The van der Waals surface area contributed by atoms with Crippen LogP contribution in [0, 0.1) is 6.92 Å². The summed E-state index contributed by atoms with van der Waals surface area (Å²) in [6.07, 6.45) is 1.45. The predicted octanol–water partition coefficient (Wildman–Crippen LogP) is 5.55. The summed E-state index contributed by atoms with van der Waals surface area (Å²) in [7, 11) is 0. The Balaban J connectivity index is 1.50. The third kappa shape index (κ3) is 5.79. The fraction of sp³-hybridized carbons (Fsp3) is 0.0741. The lowest BCUT2D eigenvalue weighted by Gasteiger charge is -2.11. The average Bonchev–Trinajstić information content (AvgIpc) is 2.85. The minimum absolute atomic E-state index is 0.186. The van der Waals surface area contributed by atoms with Crippen molar-refractivity contribution in [1.29, 1.82) is 0 Å². The number of amides is 1. The van der Waals surface area contributed by atoms with E-state index in [0.717, 1.165) is 16.3 Å². The number of esters is 1. The van der Waals surface area contributed by atoms with Gasteiger partial charge in [-0.2, -0.15) is 5.10 Å². The first-order valence-corrected chi connectivity index (χ1v) is 10.9. The molecule has 0 saturated heterocycles. The molecule has 170 valence electrons. The summed E-state index contributed by atoms with van der Waals surface area (Å²) in [5.74, 6) is -0.0448. The highest BCUT2D eigenvalue weighted by Crippen LogP contribution is 2.27. The van der Waals surface area contributed by atoms with Crippen LogP contribution in [-0.2, 0) is 4.79 Å². The smallest absolute Gasteiger partial charge is 0.343 e. The molecule has 0 atom stereocenters. The molecule has 0 aliphatic carbocycles. The van der Waals surface area contributed by atoms with E-state index in [1.54, 1.807) is 42.5 Å². The monoisotopic (exact) mass is 472 g/mol. The summed E-state index contributed by atoms with van der Waals surface area (Å²) in [5, 5.41) is 6.33. The number of rotatable bonds is 7. The second-order valence-electron chi connectivity index (χ2n) is 7.49. The summed E-state index contributed by atoms with van der Waals surface area (Å²) in [4.78, 5) is 24.8. The third-order valence-corrected chi connectivity index (χ3v) is 5.24. The van der Waals surface area contributed by atoms with Crippen LogP contribution in [0.3, 0.4) is 0 Å². The molecule has 0 aliphatic rings. The van der Waals surface area contributed by atoms with Gasteiger partial charge in [0, 0.05) is 10.6 Å². The molecule has 4 rings (SSSR count). The molecule has 4 aromatic rings. The van der Waals surface area contributed by atoms with Crippen LogP contribution in [0.2, 0.25) is 5.02 Å². The Morgan fingerprint density at radius 3 is 2.44 bits per heavy atom. The molecule has 0 spiro atoms. The van der Waals surface area contributed by atoms with Gasteiger partial charge in [-0.05, 0) is 60.2 Å². The van der Waals surface area contributed by atoms with Crippen LogP contribution < -0.4 is 14.9 Å². The summed E-state index contributed by atoms with van der Waals surface area (Å²) in [5.41, 5.74) is 4.47. The standard InChI is InChI=1S/C27H21ClN2O4/c1-18-6-13-22(14-7-18)33-17-26(31)30-29-16-24-23-5-3-2-4-19(23)10-15-25(24)34-27(32)20-8-11-21(28)12-9-20/h2-16H,17H2,1H3,(H,30,31). The van der Waals surface area contributed by atoms with Crippen molar-refractivity contribution in [2.75, 3.05) is 6.61 Å². The minimum atomic E-state index is -0.530. The number of aryl methyl sites for hydroxylation is 1. The molecule has 0 radical (unpaired) electrons. The average molecular weight is 473 g/mol. The first kappa shape index (κ1) is 23.0. The van der Waals surface area contributed by atoms with Crippen LogP contribution >= 0.6 is 11.6 Å². The summed E-state index contributed by atoms with van der Waals surface area (Å²) < 4.78 is 11.1. The van der Waals surface area contributed by atoms with Crippen molar-refractivity contribution in [3.8, 4) is 11.5 Å². The van der Waals surface area contributed by atoms with Crippen molar-refractivity contribution in [3.05, 3.63) is 107 Å². The predicted molar refractivity (Wildman–Crippen MR) is 133 cm³/mol. The molecule has 0 aromatic heterocycles. The van der Waals surface area contributed by atoms with E-state index in [4.69, 9.17) is 21.1 Å². The lowest BCUT2D eigenvalue weighted by Crippen LogP contribution is -2.24. The van der Waals surface area contributed by atoms with Crippen molar-refractivity contribution < 1.29 is 19.1 Å². The zero-order chi connectivity index (χ0) is 23.9. The molecule has 0 bridgehead atoms. The van der Waals surface area contributed by atoms with Gasteiger partial charge in [0.05, 0.1) is 11.8 Å². The van der Waals surface area contributed by atoms with Crippen LogP contribution in [0.4, 0.5) is 0 Å². The SMILES string of the molecule is Cc1ccc(OCC(=O)NN=Cc2c(OC(=O)c3ccc(Cl)cc3)ccc3ccccc23)cc1. The number of halogens is 1. The van der Waals surface area contributed by atoms with Crippen LogP contribution in [-0.4, -0.2) is 24.7 Å². The van der Waals surface area contributed by atoms with Crippen molar-refractivity contribution in [3.63, 3.8) is 0 Å². The van der Waals surface area contributed by atoms with E-state index >= 15 is 0 Å². The molecule has 6 nitrogen and oxygen atoms in total. The van der Waals surface area contributed by atoms with Crippen molar-refractivity contribution in [2.45, 2.75) is 6.92 Å². The number of ether oxygens (including phenoxy) is 2. The van der Waals surface area contributed by atoms with Gasteiger partial charge in [0.2, 0.25) is 0 Å².